The molecule has 2 aromatic carbocycles. The second kappa shape index (κ2) is 6.66. The van der Waals surface area contributed by atoms with Crippen molar-refractivity contribution >= 4 is 22.1 Å². The highest BCUT2D eigenvalue weighted by Crippen LogP contribution is 2.21. The van der Waals surface area contributed by atoms with Gasteiger partial charge in [0.05, 0.1) is 35.2 Å². The average Bonchev–Trinajstić information content (AvgIpc) is 3.15. The Kier molecular flexibility index (Phi) is 4.21. The van der Waals surface area contributed by atoms with Crippen LogP contribution in [0.4, 0.5) is 0 Å². The molecular weight excluding hydrogens is 316 g/mol. The van der Waals surface area contributed by atoms with Crippen LogP contribution in [0.2, 0.25) is 0 Å². The van der Waals surface area contributed by atoms with E-state index in [2.05, 4.69) is 20.2 Å². The fourth-order valence-electron chi connectivity index (χ4n) is 3.28. The molecule has 0 saturated carbocycles. The molecular formula is C19H20N4O2. The van der Waals surface area contributed by atoms with E-state index in [0.29, 0.717) is 19.7 Å². The molecule has 25 heavy (non-hydrogen) atoms. The van der Waals surface area contributed by atoms with E-state index in [-0.39, 0.29) is 6.61 Å². The number of rotatable bonds is 6. The standard InChI is InChI=1S/C19H20N4O2/c1-25-13-19-21-15-7-3-5-9-17(15)23(19)12-18-20-14-6-2-4-8-16(14)22(18)10-11-24/h2-9,24H,10-13H2,1H3. The molecule has 0 aliphatic rings. The number of aliphatic hydroxyl groups is 1. The van der Waals surface area contributed by atoms with Crippen molar-refractivity contribution in [2.75, 3.05) is 13.7 Å². The molecule has 6 heteroatoms. The van der Waals surface area contributed by atoms with Gasteiger partial charge < -0.3 is 19.0 Å². The lowest BCUT2D eigenvalue weighted by Gasteiger charge is -2.11. The topological polar surface area (TPSA) is 65.1 Å². The Morgan fingerprint density at radius 3 is 2.12 bits per heavy atom. The molecule has 0 atom stereocenters. The molecule has 4 aromatic rings. The molecule has 0 aliphatic carbocycles. The summed E-state index contributed by atoms with van der Waals surface area (Å²) < 4.78 is 9.52. The van der Waals surface area contributed by atoms with Gasteiger partial charge in [0, 0.05) is 13.7 Å². The maximum absolute atomic E-state index is 9.47. The minimum absolute atomic E-state index is 0.0724. The number of hydrogen-bond donors (Lipinski definition) is 1. The third-order valence-electron chi connectivity index (χ3n) is 4.36. The number of nitrogens with zero attached hydrogens (tertiary/aromatic N) is 4. The van der Waals surface area contributed by atoms with Gasteiger partial charge in [-0.2, -0.15) is 0 Å². The van der Waals surface area contributed by atoms with Gasteiger partial charge >= 0.3 is 0 Å². The van der Waals surface area contributed by atoms with Crippen molar-refractivity contribution in [3.05, 3.63) is 60.2 Å². The van der Waals surface area contributed by atoms with Gasteiger partial charge in [0.2, 0.25) is 0 Å². The van der Waals surface area contributed by atoms with Crippen LogP contribution < -0.4 is 0 Å². The highest BCUT2D eigenvalue weighted by atomic mass is 16.5. The van der Waals surface area contributed by atoms with Gasteiger partial charge in [0.1, 0.15) is 18.3 Å². The van der Waals surface area contributed by atoms with E-state index in [1.807, 2.05) is 42.5 Å². The monoisotopic (exact) mass is 336 g/mol. The van der Waals surface area contributed by atoms with Gasteiger partial charge in [0.15, 0.2) is 0 Å². The van der Waals surface area contributed by atoms with E-state index in [1.165, 1.54) is 0 Å². The first-order valence-electron chi connectivity index (χ1n) is 8.30. The van der Waals surface area contributed by atoms with Gasteiger partial charge in [-0.1, -0.05) is 24.3 Å². The molecule has 6 nitrogen and oxygen atoms in total. The smallest absolute Gasteiger partial charge is 0.136 e. The fraction of sp³-hybridized carbons (Fsp3) is 0.263. The zero-order chi connectivity index (χ0) is 17.2. The van der Waals surface area contributed by atoms with Crippen molar-refractivity contribution in [3.8, 4) is 0 Å². The number of fused-ring (bicyclic) bond motifs is 2. The van der Waals surface area contributed by atoms with Crippen LogP contribution in [0.15, 0.2) is 48.5 Å². The Morgan fingerprint density at radius 2 is 1.48 bits per heavy atom. The number of imidazole rings is 2. The average molecular weight is 336 g/mol. The van der Waals surface area contributed by atoms with Crippen LogP contribution in [0, 0.1) is 0 Å². The third kappa shape index (κ3) is 2.79. The summed E-state index contributed by atoms with van der Waals surface area (Å²) in [4.78, 5) is 9.46. The number of aliphatic hydroxyl groups excluding tert-OH is 1. The van der Waals surface area contributed by atoms with Crippen molar-refractivity contribution in [2.24, 2.45) is 0 Å². The summed E-state index contributed by atoms with van der Waals surface area (Å²) >= 11 is 0. The largest absolute Gasteiger partial charge is 0.395 e. The molecule has 2 aromatic heterocycles. The van der Waals surface area contributed by atoms with Crippen LogP contribution in [0.1, 0.15) is 11.6 Å². The molecule has 128 valence electrons. The first-order chi connectivity index (χ1) is 12.3. The molecule has 0 unspecified atom stereocenters. The van der Waals surface area contributed by atoms with Crippen molar-refractivity contribution < 1.29 is 9.84 Å². The molecule has 0 spiro atoms. The van der Waals surface area contributed by atoms with E-state index >= 15 is 0 Å². The lowest BCUT2D eigenvalue weighted by atomic mass is 10.3. The minimum atomic E-state index is 0.0724. The number of methoxy groups -OCH3 is 1. The van der Waals surface area contributed by atoms with Crippen molar-refractivity contribution in [1.82, 2.24) is 19.1 Å². The summed E-state index contributed by atoms with van der Waals surface area (Å²) in [5.74, 6) is 1.77. The molecule has 0 amide bonds. The van der Waals surface area contributed by atoms with Gasteiger partial charge in [0.25, 0.3) is 0 Å². The number of aromatic nitrogens is 4. The van der Waals surface area contributed by atoms with Crippen molar-refractivity contribution in [3.63, 3.8) is 0 Å². The maximum atomic E-state index is 9.47. The Bertz CT molecular complexity index is 1020. The van der Waals surface area contributed by atoms with E-state index in [0.717, 1.165) is 33.7 Å². The summed E-state index contributed by atoms with van der Waals surface area (Å²) in [6.07, 6.45) is 0. The van der Waals surface area contributed by atoms with Gasteiger partial charge in [-0.05, 0) is 24.3 Å². The highest BCUT2D eigenvalue weighted by Gasteiger charge is 2.15. The second-order valence-corrected chi connectivity index (χ2v) is 5.93. The second-order valence-electron chi connectivity index (χ2n) is 5.93. The minimum Gasteiger partial charge on any atom is -0.395 e. The van der Waals surface area contributed by atoms with Crippen LogP contribution in [-0.2, 0) is 24.4 Å². The van der Waals surface area contributed by atoms with Gasteiger partial charge in [-0.25, -0.2) is 9.97 Å². The SMILES string of the molecule is COCc1nc2ccccc2n1Cc1nc2ccccc2n1CCO. The van der Waals surface area contributed by atoms with Crippen molar-refractivity contribution in [1.29, 1.82) is 0 Å². The first-order valence-corrected chi connectivity index (χ1v) is 8.30. The number of para-hydroxylation sites is 4. The normalized spacial score (nSPS) is 11.6. The zero-order valence-corrected chi connectivity index (χ0v) is 14.1. The Morgan fingerprint density at radius 1 is 0.880 bits per heavy atom. The van der Waals surface area contributed by atoms with Gasteiger partial charge in [-0.15, -0.1) is 0 Å². The van der Waals surface area contributed by atoms with Crippen LogP contribution in [-0.4, -0.2) is 37.9 Å². The summed E-state index contributed by atoms with van der Waals surface area (Å²) in [6.45, 7) is 1.61. The van der Waals surface area contributed by atoms with E-state index in [1.54, 1.807) is 7.11 Å². The molecule has 2 heterocycles. The van der Waals surface area contributed by atoms with E-state index < -0.39 is 0 Å². The molecule has 0 aliphatic heterocycles. The summed E-state index contributed by atoms with van der Waals surface area (Å²) in [5, 5.41) is 9.47. The van der Waals surface area contributed by atoms with E-state index in [9.17, 15) is 5.11 Å². The van der Waals surface area contributed by atoms with Crippen LogP contribution in [0.3, 0.4) is 0 Å². The maximum Gasteiger partial charge on any atom is 0.136 e. The third-order valence-corrected chi connectivity index (χ3v) is 4.36. The number of hydrogen-bond acceptors (Lipinski definition) is 4. The Labute approximate surface area is 145 Å². The Hall–Kier alpha value is -2.70. The van der Waals surface area contributed by atoms with Crippen LogP contribution in [0.5, 0.6) is 0 Å². The van der Waals surface area contributed by atoms with Crippen molar-refractivity contribution in [2.45, 2.75) is 19.7 Å². The van der Waals surface area contributed by atoms with Crippen LogP contribution in [0.25, 0.3) is 22.1 Å². The molecule has 0 fully saturated rings. The lowest BCUT2D eigenvalue weighted by Crippen LogP contribution is -2.13. The summed E-state index contributed by atoms with van der Waals surface area (Å²) in [6, 6.07) is 16.0. The molecule has 0 radical (unpaired) electrons. The molecule has 1 N–H and O–H groups in total. The number of ether oxygens (including phenoxy) is 1. The van der Waals surface area contributed by atoms with Crippen LogP contribution >= 0.6 is 0 Å². The predicted molar refractivity (Wildman–Crippen MR) is 96.4 cm³/mol. The summed E-state index contributed by atoms with van der Waals surface area (Å²) in [5.41, 5.74) is 3.96. The quantitative estimate of drug-likeness (QED) is 0.588. The summed E-state index contributed by atoms with van der Waals surface area (Å²) in [7, 11) is 1.67. The lowest BCUT2D eigenvalue weighted by molar-refractivity contribution is 0.175. The molecule has 0 bridgehead atoms. The fourth-order valence-corrected chi connectivity index (χ4v) is 3.28. The molecule has 4 rings (SSSR count). The molecule has 0 saturated heterocycles. The highest BCUT2D eigenvalue weighted by molar-refractivity contribution is 5.77. The zero-order valence-electron chi connectivity index (χ0n) is 14.1. The predicted octanol–water partition coefficient (Wildman–Crippen LogP) is 2.57. The number of benzene rings is 2. The van der Waals surface area contributed by atoms with E-state index in [4.69, 9.17) is 9.72 Å². The Balaban J connectivity index is 1.85. The van der Waals surface area contributed by atoms with Gasteiger partial charge in [-0.3, -0.25) is 0 Å². The first kappa shape index (κ1) is 15.8.